The molecule has 15 heavy (non-hydrogen) atoms. The summed E-state index contributed by atoms with van der Waals surface area (Å²) < 4.78 is 6.28. The molecule has 0 aliphatic heterocycles. The maximum atomic E-state index is 10.1. The molecule has 1 rings (SSSR count). The zero-order valence-corrected chi connectivity index (χ0v) is 10.3. The molecule has 4 heteroatoms. The second-order valence-electron chi connectivity index (χ2n) is 3.02. The third-order valence-corrected chi connectivity index (χ3v) is 2.56. The molecule has 0 unspecified atom stereocenters. The molecule has 0 heterocycles. The van der Waals surface area contributed by atoms with E-state index in [1.807, 2.05) is 12.1 Å². The number of rotatable bonds is 4. The van der Waals surface area contributed by atoms with E-state index in [9.17, 15) is 4.79 Å². The Kier molecular flexibility index (Phi) is 4.53. The van der Waals surface area contributed by atoms with Crippen LogP contribution in [0.15, 0.2) is 21.6 Å². The Hall–Kier alpha value is -1.12. The van der Waals surface area contributed by atoms with Crippen molar-refractivity contribution in [3.63, 3.8) is 0 Å². The number of aryl methyl sites for hydroxylation is 1. The highest BCUT2D eigenvalue weighted by Crippen LogP contribution is 2.29. The Morgan fingerprint density at radius 3 is 2.67 bits per heavy atom. The van der Waals surface area contributed by atoms with Gasteiger partial charge in [-0.1, -0.05) is 22.9 Å². The van der Waals surface area contributed by atoms with Gasteiger partial charge in [0, 0.05) is 10.0 Å². The molecule has 1 aromatic rings. The first-order valence-electron chi connectivity index (χ1n) is 4.61. The number of halogens is 1. The number of ether oxygens (including phenoxy) is 1. The molecule has 80 valence electrons. The molecule has 0 aliphatic rings. The van der Waals surface area contributed by atoms with E-state index in [1.165, 1.54) is 6.08 Å². The first kappa shape index (κ1) is 12.0. The third-order valence-electron chi connectivity index (χ3n) is 2.11. The molecule has 0 aliphatic carbocycles. The lowest BCUT2D eigenvalue weighted by Gasteiger charge is -2.11. The molecule has 0 bridgehead atoms. The smallest absolute Gasteiger partial charge is 0.235 e. The van der Waals surface area contributed by atoms with Gasteiger partial charge in [0.15, 0.2) is 0 Å². The number of aliphatic imine (C=N–C) groups is 1. The third kappa shape index (κ3) is 2.91. The number of hydrogen-bond acceptors (Lipinski definition) is 3. The first-order valence-corrected chi connectivity index (χ1v) is 5.41. The number of methoxy groups -OCH3 is 1. The van der Waals surface area contributed by atoms with Crippen molar-refractivity contribution < 1.29 is 9.53 Å². The molecule has 0 fully saturated rings. The fourth-order valence-corrected chi connectivity index (χ4v) is 2.02. The van der Waals surface area contributed by atoms with Crippen molar-refractivity contribution in [2.45, 2.75) is 19.9 Å². The molecule has 0 spiro atoms. The number of hydrogen-bond donors (Lipinski definition) is 0. The van der Waals surface area contributed by atoms with Crippen molar-refractivity contribution in [1.29, 1.82) is 0 Å². The standard InChI is InChI=1S/C11H12BrNO2/c1-3-8-4-10(12)5-9(6-13-7-14)11(8)15-2/h4-5H,3,6H2,1-2H3. The molecular weight excluding hydrogens is 258 g/mol. The van der Waals surface area contributed by atoms with E-state index >= 15 is 0 Å². The number of nitrogens with zero attached hydrogens (tertiary/aromatic N) is 1. The topological polar surface area (TPSA) is 38.7 Å². The molecule has 1 aromatic carbocycles. The number of benzene rings is 1. The molecule has 0 N–H and O–H groups in total. The molecule has 0 saturated heterocycles. The van der Waals surface area contributed by atoms with Crippen molar-refractivity contribution in [1.82, 2.24) is 0 Å². The summed E-state index contributed by atoms with van der Waals surface area (Å²) in [6, 6.07) is 3.91. The summed E-state index contributed by atoms with van der Waals surface area (Å²) in [6.45, 7) is 2.36. The van der Waals surface area contributed by atoms with E-state index in [1.54, 1.807) is 7.11 Å². The van der Waals surface area contributed by atoms with Gasteiger partial charge in [-0.2, -0.15) is 0 Å². The molecule has 0 aromatic heterocycles. The minimum Gasteiger partial charge on any atom is -0.496 e. The molecule has 0 radical (unpaired) electrons. The monoisotopic (exact) mass is 269 g/mol. The lowest BCUT2D eigenvalue weighted by Crippen LogP contribution is -1.96. The zero-order chi connectivity index (χ0) is 11.3. The second-order valence-corrected chi connectivity index (χ2v) is 3.93. The van der Waals surface area contributed by atoms with Crippen molar-refractivity contribution in [3.05, 3.63) is 27.7 Å². The Morgan fingerprint density at radius 2 is 2.13 bits per heavy atom. The van der Waals surface area contributed by atoms with Crippen LogP contribution in [0, 0.1) is 0 Å². The summed E-state index contributed by atoms with van der Waals surface area (Å²) in [6.07, 6.45) is 2.40. The van der Waals surface area contributed by atoms with E-state index in [-0.39, 0.29) is 0 Å². The van der Waals surface area contributed by atoms with E-state index in [0.717, 1.165) is 27.8 Å². The molecule has 0 atom stereocenters. The van der Waals surface area contributed by atoms with Gasteiger partial charge in [0.2, 0.25) is 6.08 Å². The van der Waals surface area contributed by atoms with Gasteiger partial charge in [-0.15, -0.1) is 0 Å². The van der Waals surface area contributed by atoms with Crippen LogP contribution >= 0.6 is 15.9 Å². The van der Waals surface area contributed by atoms with Gasteiger partial charge in [0.25, 0.3) is 0 Å². The van der Waals surface area contributed by atoms with Crippen molar-refractivity contribution in [3.8, 4) is 5.75 Å². The minimum atomic E-state index is 0.305. The van der Waals surface area contributed by atoms with E-state index < -0.39 is 0 Å². The van der Waals surface area contributed by atoms with Crippen LogP contribution in [0.4, 0.5) is 0 Å². The quantitative estimate of drug-likeness (QED) is 0.623. The van der Waals surface area contributed by atoms with Crippen LogP contribution in [0.25, 0.3) is 0 Å². The highest BCUT2D eigenvalue weighted by molar-refractivity contribution is 9.10. The van der Waals surface area contributed by atoms with Crippen molar-refractivity contribution in [2.24, 2.45) is 4.99 Å². The largest absolute Gasteiger partial charge is 0.496 e. The van der Waals surface area contributed by atoms with Gasteiger partial charge in [-0.3, -0.25) is 0 Å². The van der Waals surface area contributed by atoms with E-state index in [2.05, 4.69) is 27.8 Å². The molecule has 0 amide bonds. The molecular formula is C11H12BrNO2. The average Bonchev–Trinajstić information content (AvgIpc) is 2.25. The number of carbonyl (C=O) groups excluding carboxylic acids is 1. The lowest BCUT2D eigenvalue weighted by molar-refractivity contribution is 0.405. The van der Waals surface area contributed by atoms with Crippen LogP contribution in [0.3, 0.4) is 0 Å². The zero-order valence-electron chi connectivity index (χ0n) is 8.71. The first-order chi connectivity index (χ1) is 7.22. The van der Waals surface area contributed by atoms with Crippen LogP contribution in [-0.2, 0) is 17.8 Å². The minimum absolute atomic E-state index is 0.305. The fraction of sp³-hybridized carbons (Fsp3) is 0.364. The van der Waals surface area contributed by atoms with Gasteiger partial charge in [0.1, 0.15) is 5.75 Å². The Bertz CT molecular complexity index is 398. The van der Waals surface area contributed by atoms with Gasteiger partial charge in [-0.25, -0.2) is 9.79 Å². The van der Waals surface area contributed by atoms with Gasteiger partial charge >= 0.3 is 0 Å². The number of isocyanates is 1. The van der Waals surface area contributed by atoms with Crippen LogP contribution < -0.4 is 4.74 Å². The SMILES string of the molecule is CCc1cc(Br)cc(CN=C=O)c1OC. The van der Waals surface area contributed by atoms with Crippen LogP contribution in [0.5, 0.6) is 5.75 Å². The predicted octanol–water partition coefficient (Wildman–Crippen LogP) is 2.86. The summed E-state index contributed by atoms with van der Waals surface area (Å²) in [5, 5.41) is 0. The second kappa shape index (κ2) is 5.69. The normalized spacial score (nSPS) is 9.53. The van der Waals surface area contributed by atoms with Crippen LogP contribution in [0.1, 0.15) is 18.1 Å². The highest BCUT2D eigenvalue weighted by atomic mass is 79.9. The summed E-state index contributed by atoms with van der Waals surface area (Å²) in [5.74, 6) is 0.805. The van der Waals surface area contributed by atoms with Gasteiger partial charge in [0.05, 0.1) is 13.7 Å². The summed E-state index contributed by atoms with van der Waals surface area (Å²) >= 11 is 3.41. The fourth-order valence-electron chi connectivity index (χ4n) is 1.47. The van der Waals surface area contributed by atoms with E-state index in [0.29, 0.717) is 6.54 Å². The van der Waals surface area contributed by atoms with Crippen molar-refractivity contribution in [2.75, 3.05) is 7.11 Å². The molecule has 3 nitrogen and oxygen atoms in total. The Labute approximate surface area is 97.3 Å². The van der Waals surface area contributed by atoms with Crippen LogP contribution in [0.2, 0.25) is 0 Å². The Balaban J connectivity index is 3.21. The molecule has 0 saturated carbocycles. The predicted molar refractivity (Wildman–Crippen MR) is 61.9 cm³/mol. The van der Waals surface area contributed by atoms with E-state index in [4.69, 9.17) is 4.74 Å². The van der Waals surface area contributed by atoms with Gasteiger partial charge < -0.3 is 4.74 Å². The summed E-state index contributed by atoms with van der Waals surface area (Å²) in [4.78, 5) is 13.6. The summed E-state index contributed by atoms with van der Waals surface area (Å²) in [5.41, 5.74) is 2.00. The average molecular weight is 270 g/mol. The van der Waals surface area contributed by atoms with Crippen molar-refractivity contribution >= 4 is 22.0 Å². The lowest BCUT2D eigenvalue weighted by atomic mass is 10.1. The summed E-state index contributed by atoms with van der Waals surface area (Å²) in [7, 11) is 1.62. The maximum Gasteiger partial charge on any atom is 0.235 e. The maximum absolute atomic E-state index is 10.1. The Morgan fingerprint density at radius 1 is 1.47 bits per heavy atom. The highest BCUT2D eigenvalue weighted by Gasteiger charge is 2.09. The van der Waals surface area contributed by atoms with Gasteiger partial charge in [-0.05, 0) is 24.1 Å². The van der Waals surface area contributed by atoms with Crippen LogP contribution in [-0.4, -0.2) is 13.2 Å².